The SMILES string of the molecule is O=C(O)c1cn(C2CN(C(=O)NC3CC3)C2)nn1. The fraction of sp³-hybridized carbons (Fsp3) is 0.600. The predicted octanol–water partition coefficient (Wildman–Crippen LogP) is -0.295. The Balaban J connectivity index is 1.54. The molecule has 18 heavy (non-hydrogen) atoms. The first kappa shape index (κ1) is 11.0. The van der Waals surface area contributed by atoms with Crippen LogP contribution in [-0.4, -0.2) is 56.1 Å². The molecule has 8 nitrogen and oxygen atoms in total. The zero-order valence-corrected chi connectivity index (χ0v) is 9.61. The molecule has 0 aromatic carbocycles. The molecule has 2 N–H and O–H groups in total. The smallest absolute Gasteiger partial charge is 0.358 e. The van der Waals surface area contributed by atoms with Crippen molar-refractivity contribution in [2.24, 2.45) is 0 Å². The van der Waals surface area contributed by atoms with Crippen LogP contribution in [0.25, 0.3) is 0 Å². The summed E-state index contributed by atoms with van der Waals surface area (Å²) in [5, 5.41) is 18.9. The van der Waals surface area contributed by atoms with Crippen molar-refractivity contribution in [2.75, 3.05) is 13.1 Å². The number of aromatic carboxylic acids is 1. The summed E-state index contributed by atoms with van der Waals surface area (Å²) in [6.07, 6.45) is 3.52. The topological polar surface area (TPSA) is 100 Å². The van der Waals surface area contributed by atoms with Gasteiger partial charge in [-0.05, 0) is 12.8 Å². The molecule has 1 saturated carbocycles. The third kappa shape index (κ3) is 2.01. The van der Waals surface area contributed by atoms with Gasteiger partial charge in [0, 0.05) is 19.1 Å². The standard InChI is InChI=1S/C10H13N5O3/c16-9(17)8-5-15(13-12-8)7-3-14(4-7)10(18)11-6-1-2-6/h5-7H,1-4H2,(H,11,18)(H,16,17). The lowest BCUT2D eigenvalue weighted by Crippen LogP contribution is -2.54. The van der Waals surface area contributed by atoms with E-state index in [1.54, 1.807) is 4.90 Å². The molecule has 2 heterocycles. The molecule has 1 aliphatic heterocycles. The number of likely N-dealkylation sites (tertiary alicyclic amines) is 1. The highest BCUT2D eigenvalue weighted by atomic mass is 16.4. The van der Waals surface area contributed by atoms with Crippen molar-refractivity contribution in [3.8, 4) is 0 Å². The second kappa shape index (κ2) is 3.97. The number of hydrogen-bond acceptors (Lipinski definition) is 4. The summed E-state index contributed by atoms with van der Waals surface area (Å²) in [6, 6.07) is 0.324. The van der Waals surface area contributed by atoms with E-state index < -0.39 is 5.97 Å². The van der Waals surface area contributed by atoms with Gasteiger partial charge in [-0.1, -0.05) is 5.21 Å². The van der Waals surface area contributed by atoms with E-state index in [0.29, 0.717) is 19.1 Å². The maximum atomic E-state index is 11.6. The van der Waals surface area contributed by atoms with Crippen LogP contribution in [0.3, 0.4) is 0 Å². The number of nitrogens with one attached hydrogen (secondary N) is 1. The van der Waals surface area contributed by atoms with Crippen molar-refractivity contribution in [3.05, 3.63) is 11.9 Å². The normalized spacial score (nSPS) is 19.4. The van der Waals surface area contributed by atoms with Gasteiger partial charge in [-0.3, -0.25) is 0 Å². The van der Waals surface area contributed by atoms with Gasteiger partial charge in [0.2, 0.25) is 0 Å². The molecule has 2 aliphatic rings. The van der Waals surface area contributed by atoms with E-state index in [1.807, 2.05) is 0 Å². The van der Waals surface area contributed by atoms with Crippen molar-refractivity contribution in [1.82, 2.24) is 25.2 Å². The molecule has 0 bridgehead atoms. The van der Waals surface area contributed by atoms with Crippen LogP contribution in [0.15, 0.2) is 6.20 Å². The molecule has 0 atom stereocenters. The van der Waals surface area contributed by atoms with Crippen LogP contribution >= 0.6 is 0 Å². The van der Waals surface area contributed by atoms with Crippen LogP contribution in [-0.2, 0) is 0 Å². The minimum atomic E-state index is -1.09. The van der Waals surface area contributed by atoms with E-state index in [9.17, 15) is 9.59 Å². The summed E-state index contributed by atoms with van der Waals surface area (Å²) >= 11 is 0. The van der Waals surface area contributed by atoms with Crippen LogP contribution < -0.4 is 5.32 Å². The van der Waals surface area contributed by atoms with Gasteiger partial charge in [0.15, 0.2) is 5.69 Å². The van der Waals surface area contributed by atoms with E-state index in [1.165, 1.54) is 10.9 Å². The van der Waals surface area contributed by atoms with Crippen molar-refractivity contribution >= 4 is 12.0 Å². The Morgan fingerprint density at radius 2 is 2.11 bits per heavy atom. The van der Waals surface area contributed by atoms with Crippen LogP contribution in [0.5, 0.6) is 0 Å². The van der Waals surface area contributed by atoms with Gasteiger partial charge >= 0.3 is 12.0 Å². The lowest BCUT2D eigenvalue weighted by molar-refractivity contribution is 0.0690. The second-order valence-electron chi connectivity index (χ2n) is 4.67. The Labute approximate surface area is 103 Å². The van der Waals surface area contributed by atoms with Gasteiger partial charge in [0.05, 0.1) is 12.2 Å². The zero-order valence-electron chi connectivity index (χ0n) is 9.61. The third-order valence-corrected chi connectivity index (χ3v) is 3.16. The molecule has 2 fully saturated rings. The highest BCUT2D eigenvalue weighted by Crippen LogP contribution is 2.23. The average molecular weight is 251 g/mol. The maximum absolute atomic E-state index is 11.6. The predicted molar refractivity (Wildman–Crippen MR) is 59.1 cm³/mol. The fourth-order valence-corrected chi connectivity index (χ4v) is 1.84. The van der Waals surface area contributed by atoms with Crippen LogP contribution in [0.2, 0.25) is 0 Å². The highest BCUT2D eigenvalue weighted by molar-refractivity contribution is 5.84. The number of carboxylic acids is 1. The van der Waals surface area contributed by atoms with E-state index in [-0.39, 0.29) is 17.8 Å². The summed E-state index contributed by atoms with van der Waals surface area (Å²) in [4.78, 5) is 24.0. The number of carboxylic acid groups (broad SMARTS) is 1. The van der Waals surface area contributed by atoms with E-state index in [2.05, 4.69) is 15.6 Å². The van der Waals surface area contributed by atoms with Gasteiger partial charge in [-0.25, -0.2) is 14.3 Å². The zero-order chi connectivity index (χ0) is 12.7. The summed E-state index contributed by atoms with van der Waals surface area (Å²) in [5.74, 6) is -1.09. The number of amides is 2. The monoisotopic (exact) mass is 251 g/mol. The average Bonchev–Trinajstić information content (AvgIpc) is 2.92. The number of urea groups is 1. The molecule has 1 aromatic rings. The Bertz CT molecular complexity index is 489. The molecule has 1 saturated heterocycles. The molecule has 3 rings (SSSR count). The Hall–Kier alpha value is -2.12. The molecule has 1 aromatic heterocycles. The lowest BCUT2D eigenvalue weighted by atomic mass is 10.1. The second-order valence-corrected chi connectivity index (χ2v) is 4.67. The van der Waals surface area contributed by atoms with Crippen LogP contribution in [0, 0.1) is 0 Å². The minimum Gasteiger partial charge on any atom is -0.476 e. The lowest BCUT2D eigenvalue weighted by Gasteiger charge is -2.38. The van der Waals surface area contributed by atoms with Crippen molar-refractivity contribution in [2.45, 2.75) is 24.9 Å². The number of nitrogens with zero attached hydrogens (tertiary/aromatic N) is 4. The Morgan fingerprint density at radius 1 is 1.39 bits per heavy atom. The fourth-order valence-electron chi connectivity index (χ4n) is 1.84. The molecular weight excluding hydrogens is 238 g/mol. The first-order valence-electron chi connectivity index (χ1n) is 5.84. The van der Waals surface area contributed by atoms with Crippen molar-refractivity contribution < 1.29 is 14.7 Å². The van der Waals surface area contributed by atoms with E-state index in [4.69, 9.17) is 5.11 Å². The largest absolute Gasteiger partial charge is 0.476 e. The maximum Gasteiger partial charge on any atom is 0.358 e. The van der Waals surface area contributed by atoms with Gasteiger partial charge in [0.25, 0.3) is 0 Å². The number of hydrogen-bond donors (Lipinski definition) is 2. The number of rotatable bonds is 3. The minimum absolute atomic E-state index is 0.0237. The van der Waals surface area contributed by atoms with Crippen molar-refractivity contribution in [1.29, 1.82) is 0 Å². The highest BCUT2D eigenvalue weighted by Gasteiger charge is 2.35. The Morgan fingerprint density at radius 3 is 2.67 bits per heavy atom. The van der Waals surface area contributed by atoms with Crippen LogP contribution in [0.4, 0.5) is 4.79 Å². The summed E-state index contributed by atoms with van der Waals surface area (Å²) in [7, 11) is 0. The van der Waals surface area contributed by atoms with Crippen LogP contribution in [0.1, 0.15) is 29.4 Å². The summed E-state index contributed by atoms with van der Waals surface area (Å²) < 4.78 is 1.50. The Kier molecular flexibility index (Phi) is 2.42. The summed E-state index contributed by atoms with van der Waals surface area (Å²) in [6.45, 7) is 1.09. The van der Waals surface area contributed by atoms with E-state index >= 15 is 0 Å². The molecular formula is C10H13N5O3. The first-order chi connectivity index (χ1) is 8.63. The van der Waals surface area contributed by atoms with E-state index in [0.717, 1.165) is 12.8 Å². The van der Waals surface area contributed by atoms with Gasteiger partial charge in [-0.15, -0.1) is 5.10 Å². The number of carbonyl (C=O) groups excluding carboxylic acids is 1. The molecule has 8 heteroatoms. The van der Waals surface area contributed by atoms with Gasteiger partial charge in [-0.2, -0.15) is 0 Å². The third-order valence-electron chi connectivity index (χ3n) is 3.16. The molecule has 96 valence electrons. The molecule has 0 spiro atoms. The molecule has 2 amide bonds. The van der Waals surface area contributed by atoms with Gasteiger partial charge in [0.1, 0.15) is 0 Å². The number of carbonyl (C=O) groups is 2. The van der Waals surface area contributed by atoms with Gasteiger partial charge < -0.3 is 15.3 Å². The number of aromatic nitrogens is 3. The summed E-state index contributed by atoms with van der Waals surface area (Å²) in [5.41, 5.74) is -0.0733. The molecule has 1 aliphatic carbocycles. The molecule has 0 unspecified atom stereocenters. The quantitative estimate of drug-likeness (QED) is 0.768. The molecule has 0 radical (unpaired) electrons. The first-order valence-corrected chi connectivity index (χ1v) is 5.84. The van der Waals surface area contributed by atoms with Crippen molar-refractivity contribution in [3.63, 3.8) is 0 Å².